The summed E-state index contributed by atoms with van der Waals surface area (Å²) in [6.45, 7) is 2.74. The number of carbonyl (C=O) groups excluding carboxylic acids is 1. The van der Waals surface area contributed by atoms with Crippen LogP contribution in [0.1, 0.15) is 32.1 Å². The number of amides is 1. The Hall–Kier alpha value is -0.790. The molecule has 1 saturated carbocycles. The Morgan fingerprint density at radius 2 is 2.19 bits per heavy atom. The van der Waals surface area contributed by atoms with Crippen molar-refractivity contribution in [3.05, 3.63) is 0 Å². The standard InChI is InChI=1S/C14H24F2N2O3/c1-21-9-8-18-7-2-4-11(10-18)17-12(19)14(15,16)13(20)5-3-6-13/h11,20H,2-10H2,1H3,(H,17,19)/t11-/m0/s1. The van der Waals surface area contributed by atoms with Crippen molar-refractivity contribution in [3.63, 3.8) is 0 Å². The van der Waals surface area contributed by atoms with Crippen LogP contribution in [0.4, 0.5) is 8.78 Å². The van der Waals surface area contributed by atoms with Crippen LogP contribution in [0, 0.1) is 0 Å². The molecule has 0 bridgehead atoms. The zero-order valence-electron chi connectivity index (χ0n) is 12.4. The van der Waals surface area contributed by atoms with Gasteiger partial charge in [-0.1, -0.05) is 0 Å². The molecule has 0 unspecified atom stereocenters. The number of rotatable bonds is 6. The number of methoxy groups -OCH3 is 1. The minimum absolute atomic E-state index is 0.0158. The highest BCUT2D eigenvalue weighted by atomic mass is 19.3. The SMILES string of the molecule is COCCN1CCC[C@H](NC(=O)C(F)(F)C2(O)CCC2)C1. The van der Waals surface area contributed by atoms with Crippen molar-refractivity contribution in [3.8, 4) is 0 Å². The Morgan fingerprint density at radius 1 is 1.48 bits per heavy atom. The predicted octanol–water partition coefficient (Wildman–Crippen LogP) is 0.764. The summed E-state index contributed by atoms with van der Waals surface area (Å²) >= 11 is 0. The van der Waals surface area contributed by atoms with Crippen LogP contribution in [-0.4, -0.2) is 66.8 Å². The van der Waals surface area contributed by atoms with Gasteiger partial charge >= 0.3 is 5.92 Å². The molecule has 2 fully saturated rings. The van der Waals surface area contributed by atoms with Crippen molar-refractivity contribution in [2.75, 3.05) is 33.4 Å². The normalized spacial score (nSPS) is 26.2. The fraction of sp³-hybridized carbons (Fsp3) is 0.929. The molecule has 1 aliphatic heterocycles. The largest absolute Gasteiger partial charge is 0.383 e. The summed E-state index contributed by atoms with van der Waals surface area (Å²) < 4.78 is 33.0. The molecule has 0 aromatic heterocycles. The Balaban J connectivity index is 1.87. The van der Waals surface area contributed by atoms with Gasteiger partial charge in [-0.05, 0) is 38.6 Å². The van der Waals surface area contributed by atoms with Gasteiger partial charge in [0.2, 0.25) is 0 Å². The van der Waals surface area contributed by atoms with Crippen LogP contribution in [0.25, 0.3) is 0 Å². The van der Waals surface area contributed by atoms with E-state index in [9.17, 15) is 18.7 Å². The topological polar surface area (TPSA) is 61.8 Å². The monoisotopic (exact) mass is 306 g/mol. The number of ether oxygens (including phenoxy) is 1. The molecular formula is C14H24F2N2O3. The van der Waals surface area contributed by atoms with Crippen LogP contribution >= 0.6 is 0 Å². The maximum atomic E-state index is 14.0. The van der Waals surface area contributed by atoms with Crippen LogP contribution in [0.15, 0.2) is 0 Å². The molecule has 0 radical (unpaired) electrons. The average Bonchev–Trinajstić information content (AvgIpc) is 2.42. The van der Waals surface area contributed by atoms with Gasteiger partial charge in [0.1, 0.15) is 5.60 Å². The van der Waals surface area contributed by atoms with E-state index in [-0.39, 0.29) is 18.9 Å². The molecule has 1 aliphatic carbocycles. The summed E-state index contributed by atoms with van der Waals surface area (Å²) in [7, 11) is 1.61. The zero-order chi connectivity index (χ0) is 15.5. The van der Waals surface area contributed by atoms with Crippen LogP contribution < -0.4 is 5.32 Å². The van der Waals surface area contributed by atoms with Gasteiger partial charge in [-0.15, -0.1) is 0 Å². The number of hydrogen-bond donors (Lipinski definition) is 2. The summed E-state index contributed by atoms with van der Waals surface area (Å²) in [6, 6.07) is -0.294. The molecule has 0 aromatic carbocycles. The van der Waals surface area contributed by atoms with E-state index in [0.29, 0.717) is 26.0 Å². The molecule has 7 heteroatoms. The number of hydrogen-bond acceptors (Lipinski definition) is 4. The highest BCUT2D eigenvalue weighted by molar-refractivity contribution is 5.85. The third-order valence-electron chi connectivity index (χ3n) is 4.50. The van der Waals surface area contributed by atoms with E-state index < -0.39 is 17.4 Å². The molecular weight excluding hydrogens is 282 g/mol. The molecule has 2 rings (SSSR count). The van der Waals surface area contributed by atoms with E-state index in [1.165, 1.54) is 0 Å². The number of piperidine rings is 1. The summed E-state index contributed by atoms with van der Waals surface area (Å²) in [6.07, 6.45) is 2.04. The van der Waals surface area contributed by atoms with E-state index in [4.69, 9.17) is 4.74 Å². The van der Waals surface area contributed by atoms with Crippen LogP contribution in [0.2, 0.25) is 0 Å². The lowest BCUT2D eigenvalue weighted by Gasteiger charge is -2.42. The fourth-order valence-electron chi connectivity index (χ4n) is 2.91. The van der Waals surface area contributed by atoms with Gasteiger partial charge in [-0.25, -0.2) is 0 Å². The number of nitrogens with one attached hydrogen (secondary N) is 1. The second kappa shape index (κ2) is 6.54. The number of alkyl halides is 2. The summed E-state index contributed by atoms with van der Waals surface area (Å²) in [5.41, 5.74) is -2.15. The molecule has 0 spiro atoms. The van der Waals surface area contributed by atoms with Gasteiger partial charge in [0.15, 0.2) is 0 Å². The highest BCUT2D eigenvalue weighted by Crippen LogP contribution is 2.44. The van der Waals surface area contributed by atoms with Crippen molar-refractivity contribution < 1.29 is 23.4 Å². The van der Waals surface area contributed by atoms with E-state index >= 15 is 0 Å². The van der Waals surface area contributed by atoms with Gasteiger partial charge in [0.25, 0.3) is 5.91 Å². The molecule has 0 aromatic rings. The van der Waals surface area contributed by atoms with E-state index in [2.05, 4.69) is 10.2 Å². The number of nitrogens with zero attached hydrogens (tertiary/aromatic N) is 1. The van der Waals surface area contributed by atoms with Crippen molar-refractivity contribution in [2.45, 2.75) is 49.7 Å². The maximum Gasteiger partial charge on any atom is 0.352 e. The Labute approximate surface area is 123 Å². The zero-order valence-corrected chi connectivity index (χ0v) is 12.4. The second-order valence-corrected chi connectivity index (χ2v) is 6.07. The van der Waals surface area contributed by atoms with Gasteiger partial charge in [0, 0.05) is 26.2 Å². The average molecular weight is 306 g/mol. The number of halogens is 2. The van der Waals surface area contributed by atoms with Gasteiger partial charge in [0.05, 0.1) is 6.61 Å². The van der Waals surface area contributed by atoms with Crippen LogP contribution in [-0.2, 0) is 9.53 Å². The molecule has 2 N–H and O–H groups in total. The number of aliphatic hydroxyl groups is 1. The molecule has 1 heterocycles. The minimum Gasteiger partial charge on any atom is -0.383 e. The molecule has 21 heavy (non-hydrogen) atoms. The Morgan fingerprint density at radius 3 is 2.76 bits per heavy atom. The molecule has 1 atom stereocenters. The third kappa shape index (κ3) is 3.52. The third-order valence-corrected chi connectivity index (χ3v) is 4.50. The minimum atomic E-state index is -3.71. The Kier molecular flexibility index (Phi) is 5.16. The highest BCUT2D eigenvalue weighted by Gasteiger charge is 2.61. The lowest BCUT2D eigenvalue weighted by molar-refractivity contribution is -0.216. The lowest BCUT2D eigenvalue weighted by atomic mass is 9.75. The van der Waals surface area contributed by atoms with Crippen molar-refractivity contribution in [1.82, 2.24) is 10.2 Å². The second-order valence-electron chi connectivity index (χ2n) is 6.07. The first-order chi connectivity index (χ1) is 9.89. The smallest absolute Gasteiger partial charge is 0.352 e. The van der Waals surface area contributed by atoms with Crippen molar-refractivity contribution >= 4 is 5.91 Å². The molecule has 1 amide bonds. The number of likely N-dealkylation sites (tertiary alicyclic amines) is 1. The molecule has 2 aliphatic rings. The lowest BCUT2D eigenvalue weighted by Crippen LogP contribution is -2.62. The molecule has 5 nitrogen and oxygen atoms in total. The van der Waals surface area contributed by atoms with E-state index in [1.807, 2.05) is 0 Å². The summed E-state index contributed by atoms with van der Waals surface area (Å²) in [5.74, 6) is -5.05. The van der Waals surface area contributed by atoms with Gasteiger partial charge < -0.3 is 15.2 Å². The first kappa shape index (κ1) is 16.6. The number of carbonyl (C=O) groups is 1. The summed E-state index contributed by atoms with van der Waals surface area (Å²) in [5, 5.41) is 12.2. The van der Waals surface area contributed by atoms with Crippen LogP contribution in [0.3, 0.4) is 0 Å². The summed E-state index contributed by atoms with van der Waals surface area (Å²) in [4.78, 5) is 13.9. The quantitative estimate of drug-likeness (QED) is 0.761. The molecule has 1 saturated heterocycles. The Bertz CT molecular complexity index is 375. The van der Waals surface area contributed by atoms with E-state index in [0.717, 1.165) is 19.5 Å². The maximum absolute atomic E-state index is 14.0. The predicted molar refractivity (Wildman–Crippen MR) is 73.2 cm³/mol. The van der Waals surface area contributed by atoms with E-state index in [1.54, 1.807) is 7.11 Å². The molecule has 122 valence electrons. The first-order valence-corrected chi connectivity index (χ1v) is 7.51. The van der Waals surface area contributed by atoms with Crippen LogP contribution in [0.5, 0.6) is 0 Å². The first-order valence-electron chi connectivity index (χ1n) is 7.51. The van der Waals surface area contributed by atoms with Crippen molar-refractivity contribution in [2.24, 2.45) is 0 Å². The van der Waals surface area contributed by atoms with Gasteiger partial charge in [-0.3, -0.25) is 9.69 Å². The van der Waals surface area contributed by atoms with Crippen molar-refractivity contribution in [1.29, 1.82) is 0 Å². The fourth-order valence-corrected chi connectivity index (χ4v) is 2.91. The van der Waals surface area contributed by atoms with Gasteiger partial charge in [-0.2, -0.15) is 8.78 Å².